The average Bonchev–Trinajstić information content (AvgIpc) is 2.54. The molecule has 78 valence electrons. The van der Waals surface area contributed by atoms with Crippen LogP contribution >= 0.6 is 11.6 Å². The fourth-order valence-electron chi connectivity index (χ4n) is 5.63. The molecule has 0 saturated heterocycles. The molecule has 2 heteroatoms. The molecule has 1 N–H and O–H groups in total. The molecule has 0 aliphatic heterocycles. The summed E-state index contributed by atoms with van der Waals surface area (Å²) in [5.74, 6) is 2.78. The standard InChI is InChI=1S/C12H17ClO/c13-11-7-5-6-8-3-1-2-4-12(8,11)9(6)10(7)14/h6-11,14H,1-5H2/t6-,7-,8-,9+,10-,11+,12+/m1/s1. The van der Waals surface area contributed by atoms with E-state index >= 15 is 0 Å². The van der Waals surface area contributed by atoms with E-state index in [1.807, 2.05) is 0 Å². The summed E-state index contributed by atoms with van der Waals surface area (Å²) in [6, 6.07) is 0. The summed E-state index contributed by atoms with van der Waals surface area (Å²) in [7, 11) is 0. The number of aliphatic hydroxyl groups is 1. The van der Waals surface area contributed by atoms with Crippen LogP contribution in [0.5, 0.6) is 0 Å². The lowest BCUT2D eigenvalue weighted by atomic mass is 9.41. The Morgan fingerprint density at radius 1 is 1.21 bits per heavy atom. The van der Waals surface area contributed by atoms with Crippen molar-refractivity contribution in [1.29, 1.82) is 0 Å². The molecule has 1 nitrogen and oxygen atoms in total. The largest absolute Gasteiger partial charge is 0.392 e. The summed E-state index contributed by atoms with van der Waals surface area (Å²) in [5, 5.41) is 10.5. The van der Waals surface area contributed by atoms with Gasteiger partial charge in [0.25, 0.3) is 0 Å². The Labute approximate surface area is 89.8 Å². The molecule has 7 atom stereocenters. The second-order valence-corrected chi connectivity index (χ2v) is 6.42. The van der Waals surface area contributed by atoms with Crippen molar-refractivity contribution >= 4 is 11.6 Å². The van der Waals surface area contributed by atoms with Crippen molar-refractivity contribution in [1.82, 2.24) is 0 Å². The van der Waals surface area contributed by atoms with Crippen LogP contribution in [0.2, 0.25) is 0 Å². The molecule has 0 unspecified atom stereocenters. The van der Waals surface area contributed by atoms with Gasteiger partial charge in [0.1, 0.15) is 0 Å². The monoisotopic (exact) mass is 212 g/mol. The molecule has 0 heterocycles. The highest BCUT2D eigenvalue weighted by molar-refractivity contribution is 6.22. The van der Waals surface area contributed by atoms with E-state index in [0.717, 1.165) is 11.8 Å². The molecule has 0 aromatic rings. The third-order valence-electron chi connectivity index (χ3n) is 5.90. The van der Waals surface area contributed by atoms with Crippen molar-refractivity contribution in [3.63, 3.8) is 0 Å². The van der Waals surface area contributed by atoms with Crippen molar-refractivity contribution in [3.8, 4) is 0 Å². The van der Waals surface area contributed by atoms with E-state index in [1.165, 1.54) is 32.1 Å². The van der Waals surface area contributed by atoms with E-state index in [1.54, 1.807) is 0 Å². The number of hydrogen-bond acceptors (Lipinski definition) is 1. The zero-order valence-corrected chi connectivity index (χ0v) is 9.08. The molecule has 4 aliphatic rings. The van der Waals surface area contributed by atoms with Crippen molar-refractivity contribution in [2.45, 2.75) is 43.6 Å². The lowest BCUT2D eigenvalue weighted by Gasteiger charge is -2.64. The van der Waals surface area contributed by atoms with Gasteiger partial charge in [-0.15, -0.1) is 11.6 Å². The van der Waals surface area contributed by atoms with Gasteiger partial charge in [0.15, 0.2) is 0 Å². The molecule has 4 rings (SSSR count). The first kappa shape index (κ1) is 8.41. The van der Waals surface area contributed by atoms with Crippen LogP contribution in [0, 0.1) is 29.1 Å². The lowest BCUT2D eigenvalue weighted by molar-refractivity contribution is -0.155. The Bertz CT molecular complexity index is 288. The summed E-state index contributed by atoms with van der Waals surface area (Å²) in [5.41, 5.74) is 0.396. The molecular formula is C12H17ClO. The molecule has 0 aromatic heterocycles. The third kappa shape index (κ3) is 0.614. The molecule has 4 saturated carbocycles. The maximum Gasteiger partial charge on any atom is 0.0619 e. The topological polar surface area (TPSA) is 20.2 Å². The Morgan fingerprint density at radius 3 is 2.79 bits per heavy atom. The fourth-order valence-corrected chi connectivity index (χ4v) is 6.29. The molecular weight excluding hydrogens is 196 g/mol. The molecule has 4 aliphatic carbocycles. The quantitative estimate of drug-likeness (QED) is 0.612. The predicted octanol–water partition coefficient (Wildman–Crippen LogP) is 2.41. The van der Waals surface area contributed by atoms with Gasteiger partial charge >= 0.3 is 0 Å². The van der Waals surface area contributed by atoms with Gasteiger partial charge in [-0.05, 0) is 42.4 Å². The van der Waals surface area contributed by atoms with Gasteiger partial charge in [-0.3, -0.25) is 0 Å². The van der Waals surface area contributed by atoms with Gasteiger partial charge in [-0.1, -0.05) is 12.8 Å². The summed E-state index contributed by atoms with van der Waals surface area (Å²) in [6.07, 6.45) is 6.64. The highest BCUT2D eigenvalue weighted by atomic mass is 35.5. The SMILES string of the molecule is O[C@@H]1[C@H]2C[C@H]3[C@@H]1[C@@]1(CCCC[C@H]31)[C@H]2Cl. The molecule has 0 aromatic carbocycles. The first-order chi connectivity index (χ1) is 6.77. The average molecular weight is 213 g/mol. The van der Waals surface area contributed by atoms with Crippen LogP contribution in [0.15, 0.2) is 0 Å². The number of fused-ring (bicyclic) bond motifs is 2. The first-order valence-electron chi connectivity index (χ1n) is 6.09. The summed E-state index contributed by atoms with van der Waals surface area (Å²) in [6.45, 7) is 0. The van der Waals surface area contributed by atoms with Crippen molar-refractivity contribution in [2.75, 3.05) is 0 Å². The first-order valence-corrected chi connectivity index (χ1v) is 6.52. The maximum atomic E-state index is 10.1. The molecule has 2 bridgehead atoms. The lowest BCUT2D eigenvalue weighted by Crippen LogP contribution is -2.62. The minimum atomic E-state index is -0.0446. The molecule has 1 spiro atoms. The summed E-state index contributed by atoms with van der Waals surface area (Å²) in [4.78, 5) is 0. The number of aliphatic hydroxyl groups excluding tert-OH is 1. The van der Waals surface area contributed by atoms with Crippen LogP contribution in [0.25, 0.3) is 0 Å². The van der Waals surface area contributed by atoms with Gasteiger partial charge in [-0.25, -0.2) is 0 Å². The smallest absolute Gasteiger partial charge is 0.0619 e. The second kappa shape index (κ2) is 2.32. The van der Waals surface area contributed by atoms with E-state index in [-0.39, 0.29) is 6.10 Å². The number of hydrogen-bond donors (Lipinski definition) is 1. The minimum absolute atomic E-state index is 0.0446. The summed E-state index contributed by atoms with van der Waals surface area (Å²) < 4.78 is 0. The van der Waals surface area contributed by atoms with E-state index in [0.29, 0.717) is 22.6 Å². The van der Waals surface area contributed by atoms with Crippen LogP contribution < -0.4 is 0 Å². The van der Waals surface area contributed by atoms with Crippen LogP contribution in [0.3, 0.4) is 0 Å². The predicted molar refractivity (Wildman–Crippen MR) is 55.1 cm³/mol. The van der Waals surface area contributed by atoms with Crippen molar-refractivity contribution in [3.05, 3.63) is 0 Å². The zero-order chi connectivity index (χ0) is 9.50. The van der Waals surface area contributed by atoms with E-state index in [2.05, 4.69) is 0 Å². The van der Waals surface area contributed by atoms with Gasteiger partial charge < -0.3 is 5.11 Å². The Balaban J connectivity index is 1.81. The van der Waals surface area contributed by atoms with Crippen LogP contribution in [0.4, 0.5) is 0 Å². The normalized spacial score (nSPS) is 69.0. The van der Waals surface area contributed by atoms with Gasteiger partial charge in [0.2, 0.25) is 0 Å². The minimum Gasteiger partial charge on any atom is -0.392 e. The van der Waals surface area contributed by atoms with Gasteiger partial charge in [-0.2, -0.15) is 0 Å². The van der Waals surface area contributed by atoms with Crippen LogP contribution in [-0.2, 0) is 0 Å². The number of rotatable bonds is 0. The fraction of sp³-hybridized carbons (Fsp3) is 1.00. The maximum absolute atomic E-state index is 10.1. The highest BCUT2D eigenvalue weighted by Crippen LogP contribution is 2.78. The van der Waals surface area contributed by atoms with Crippen LogP contribution in [-0.4, -0.2) is 16.6 Å². The van der Waals surface area contributed by atoms with E-state index in [4.69, 9.17) is 11.6 Å². The number of halogens is 1. The van der Waals surface area contributed by atoms with Crippen LogP contribution in [0.1, 0.15) is 32.1 Å². The summed E-state index contributed by atoms with van der Waals surface area (Å²) >= 11 is 6.60. The Hall–Kier alpha value is 0.250. The molecule has 0 radical (unpaired) electrons. The Kier molecular flexibility index (Phi) is 1.40. The van der Waals surface area contributed by atoms with Crippen molar-refractivity contribution < 1.29 is 5.11 Å². The Morgan fingerprint density at radius 2 is 2.07 bits per heavy atom. The molecule has 4 fully saturated rings. The van der Waals surface area contributed by atoms with Gasteiger partial charge in [0.05, 0.1) is 6.10 Å². The van der Waals surface area contributed by atoms with Crippen molar-refractivity contribution in [2.24, 2.45) is 29.1 Å². The van der Waals surface area contributed by atoms with E-state index in [9.17, 15) is 5.11 Å². The molecule has 0 amide bonds. The molecule has 14 heavy (non-hydrogen) atoms. The third-order valence-corrected chi connectivity index (χ3v) is 6.63. The highest BCUT2D eigenvalue weighted by Gasteiger charge is 2.77. The number of alkyl halides is 1. The zero-order valence-electron chi connectivity index (χ0n) is 8.32. The van der Waals surface area contributed by atoms with Gasteiger partial charge in [0, 0.05) is 11.3 Å². The van der Waals surface area contributed by atoms with E-state index < -0.39 is 0 Å². The second-order valence-electron chi connectivity index (χ2n) is 5.95.